The van der Waals surface area contributed by atoms with E-state index in [-0.39, 0.29) is 5.91 Å². The van der Waals surface area contributed by atoms with E-state index in [0.717, 1.165) is 30.3 Å². The van der Waals surface area contributed by atoms with Crippen LogP contribution < -0.4 is 10.2 Å². The first-order valence-electron chi connectivity index (χ1n) is 7.91. The Kier molecular flexibility index (Phi) is 4.85. The standard InChI is InChI=1S/C16H21N5OS/c1-11-8-14(21-6-4-3-5-7-21)20-13(19-11)9-17-16(22)15-12(2)18-10-23-15/h8,10H,3-7,9H2,1-2H3,(H,17,22). The maximum atomic E-state index is 12.2. The molecule has 0 aromatic carbocycles. The first kappa shape index (κ1) is 15.9. The summed E-state index contributed by atoms with van der Waals surface area (Å²) in [5.74, 6) is 1.51. The van der Waals surface area contributed by atoms with Crippen LogP contribution in [0.5, 0.6) is 0 Å². The third-order valence-corrected chi connectivity index (χ3v) is 4.85. The van der Waals surface area contributed by atoms with E-state index in [1.54, 1.807) is 5.51 Å². The molecule has 0 spiro atoms. The smallest absolute Gasteiger partial charge is 0.263 e. The second-order valence-corrected chi connectivity index (χ2v) is 6.64. The molecule has 7 heteroatoms. The van der Waals surface area contributed by atoms with Crippen molar-refractivity contribution in [3.63, 3.8) is 0 Å². The summed E-state index contributed by atoms with van der Waals surface area (Å²) in [7, 11) is 0. The number of carbonyl (C=O) groups excluding carboxylic acids is 1. The molecular formula is C16H21N5OS. The van der Waals surface area contributed by atoms with Crippen LogP contribution in [-0.2, 0) is 6.54 Å². The zero-order chi connectivity index (χ0) is 16.2. The highest BCUT2D eigenvalue weighted by Gasteiger charge is 2.15. The van der Waals surface area contributed by atoms with Crippen LogP contribution in [0.15, 0.2) is 11.6 Å². The topological polar surface area (TPSA) is 71.0 Å². The molecule has 6 nitrogen and oxygen atoms in total. The van der Waals surface area contributed by atoms with Crippen LogP contribution in [0.2, 0.25) is 0 Å². The van der Waals surface area contributed by atoms with Crippen molar-refractivity contribution in [2.75, 3.05) is 18.0 Å². The van der Waals surface area contributed by atoms with Gasteiger partial charge >= 0.3 is 0 Å². The molecule has 2 aromatic heterocycles. The quantitative estimate of drug-likeness (QED) is 0.932. The van der Waals surface area contributed by atoms with Crippen molar-refractivity contribution in [2.45, 2.75) is 39.7 Å². The number of nitrogens with zero attached hydrogens (tertiary/aromatic N) is 4. The van der Waals surface area contributed by atoms with Gasteiger partial charge in [0, 0.05) is 24.8 Å². The highest BCUT2D eigenvalue weighted by Crippen LogP contribution is 2.18. The molecule has 1 fully saturated rings. The molecule has 2 aromatic rings. The number of carbonyl (C=O) groups is 1. The van der Waals surface area contributed by atoms with Gasteiger partial charge in [-0.2, -0.15) is 0 Å². The van der Waals surface area contributed by atoms with Crippen molar-refractivity contribution in [1.29, 1.82) is 0 Å². The lowest BCUT2D eigenvalue weighted by Crippen LogP contribution is -2.31. The highest BCUT2D eigenvalue weighted by molar-refractivity contribution is 7.11. The maximum Gasteiger partial charge on any atom is 0.263 e. The van der Waals surface area contributed by atoms with Crippen LogP contribution in [0.25, 0.3) is 0 Å². The molecule has 1 aliphatic rings. The fourth-order valence-corrected chi connectivity index (χ4v) is 3.45. The van der Waals surface area contributed by atoms with Crippen LogP contribution >= 0.6 is 11.3 Å². The number of rotatable bonds is 4. The summed E-state index contributed by atoms with van der Waals surface area (Å²) in [4.78, 5) is 28.3. The first-order valence-corrected chi connectivity index (χ1v) is 8.79. The van der Waals surface area contributed by atoms with Crippen molar-refractivity contribution < 1.29 is 4.79 Å². The summed E-state index contributed by atoms with van der Waals surface area (Å²) >= 11 is 1.35. The van der Waals surface area contributed by atoms with Crippen LogP contribution in [0.3, 0.4) is 0 Å². The lowest BCUT2D eigenvalue weighted by Gasteiger charge is -2.28. The molecule has 3 heterocycles. The molecule has 0 aliphatic carbocycles. The van der Waals surface area contributed by atoms with E-state index in [2.05, 4.69) is 25.2 Å². The minimum Gasteiger partial charge on any atom is -0.357 e. The number of hydrogen-bond acceptors (Lipinski definition) is 6. The van der Waals surface area contributed by atoms with E-state index in [0.29, 0.717) is 17.2 Å². The van der Waals surface area contributed by atoms with E-state index in [4.69, 9.17) is 0 Å². The predicted molar refractivity (Wildman–Crippen MR) is 90.9 cm³/mol. The number of hydrogen-bond donors (Lipinski definition) is 1. The Bertz CT molecular complexity index is 694. The molecule has 1 aliphatic heterocycles. The van der Waals surface area contributed by atoms with Crippen molar-refractivity contribution in [1.82, 2.24) is 20.3 Å². The Hall–Kier alpha value is -2.02. The lowest BCUT2D eigenvalue weighted by atomic mass is 10.1. The summed E-state index contributed by atoms with van der Waals surface area (Å²) in [5, 5.41) is 2.89. The predicted octanol–water partition coefficient (Wildman–Crippen LogP) is 2.47. The SMILES string of the molecule is Cc1cc(N2CCCCC2)nc(CNC(=O)c2scnc2C)n1. The molecular weight excluding hydrogens is 310 g/mol. The summed E-state index contributed by atoms with van der Waals surface area (Å²) in [6.07, 6.45) is 3.71. The van der Waals surface area contributed by atoms with Gasteiger partial charge in [-0.1, -0.05) is 0 Å². The number of aryl methyl sites for hydroxylation is 2. The van der Waals surface area contributed by atoms with Crippen molar-refractivity contribution in [2.24, 2.45) is 0 Å². The van der Waals surface area contributed by atoms with E-state index in [9.17, 15) is 4.79 Å². The Labute approximate surface area is 140 Å². The number of piperidine rings is 1. The van der Waals surface area contributed by atoms with Gasteiger partial charge in [0.25, 0.3) is 5.91 Å². The molecule has 122 valence electrons. The molecule has 0 bridgehead atoms. The minimum absolute atomic E-state index is 0.116. The maximum absolute atomic E-state index is 12.2. The highest BCUT2D eigenvalue weighted by atomic mass is 32.1. The summed E-state index contributed by atoms with van der Waals surface area (Å²) in [6, 6.07) is 2.02. The number of anilines is 1. The van der Waals surface area contributed by atoms with Gasteiger partial charge in [0.05, 0.1) is 17.7 Å². The Morgan fingerprint density at radius 3 is 2.74 bits per heavy atom. The van der Waals surface area contributed by atoms with E-state index >= 15 is 0 Å². The van der Waals surface area contributed by atoms with Crippen LogP contribution in [0.4, 0.5) is 5.82 Å². The van der Waals surface area contributed by atoms with Gasteiger partial charge in [-0.15, -0.1) is 11.3 Å². The third kappa shape index (κ3) is 3.85. The second kappa shape index (κ2) is 7.04. The summed E-state index contributed by atoms with van der Waals surface area (Å²) in [5.41, 5.74) is 3.37. The first-order chi connectivity index (χ1) is 11.1. The number of nitrogens with one attached hydrogen (secondary N) is 1. The zero-order valence-electron chi connectivity index (χ0n) is 13.5. The summed E-state index contributed by atoms with van der Waals surface area (Å²) in [6.45, 7) is 6.22. The van der Waals surface area contributed by atoms with Crippen molar-refractivity contribution in [3.05, 3.63) is 33.7 Å². The molecule has 3 rings (SSSR count). The van der Waals surface area contributed by atoms with Gasteiger partial charge in [0.1, 0.15) is 16.5 Å². The van der Waals surface area contributed by atoms with Crippen LogP contribution in [0, 0.1) is 13.8 Å². The Balaban J connectivity index is 1.69. The van der Waals surface area contributed by atoms with Gasteiger partial charge < -0.3 is 10.2 Å². The molecule has 1 N–H and O–H groups in total. The monoisotopic (exact) mass is 331 g/mol. The summed E-state index contributed by atoms with van der Waals surface area (Å²) < 4.78 is 0. The third-order valence-electron chi connectivity index (χ3n) is 3.93. The Morgan fingerprint density at radius 2 is 2.04 bits per heavy atom. The van der Waals surface area contributed by atoms with Crippen molar-refractivity contribution >= 4 is 23.1 Å². The van der Waals surface area contributed by atoms with Gasteiger partial charge in [-0.3, -0.25) is 4.79 Å². The average molecular weight is 331 g/mol. The average Bonchev–Trinajstić information content (AvgIpc) is 2.99. The molecule has 0 radical (unpaired) electrons. The number of thiazole rings is 1. The van der Waals surface area contributed by atoms with Gasteiger partial charge in [0.15, 0.2) is 0 Å². The fraction of sp³-hybridized carbons (Fsp3) is 0.500. The number of amides is 1. The Morgan fingerprint density at radius 1 is 1.26 bits per heavy atom. The van der Waals surface area contributed by atoms with Gasteiger partial charge in [-0.25, -0.2) is 15.0 Å². The molecule has 1 amide bonds. The van der Waals surface area contributed by atoms with Gasteiger partial charge in [0.2, 0.25) is 0 Å². The largest absolute Gasteiger partial charge is 0.357 e. The molecule has 0 atom stereocenters. The minimum atomic E-state index is -0.116. The lowest BCUT2D eigenvalue weighted by molar-refractivity contribution is 0.0953. The fourth-order valence-electron chi connectivity index (χ4n) is 2.74. The molecule has 0 saturated carbocycles. The number of aromatic nitrogens is 3. The second-order valence-electron chi connectivity index (χ2n) is 5.78. The van der Waals surface area contributed by atoms with E-state index in [1.165, 1.54) is 30.6 Å². The van der Waals surface area contributed by atoms with Crippen molar-refractivity contribution in [3.8, 4) is 0 Å². The van der Waals surface area contributed by atoms with E-state index < -0.39 is 0 Å². The van der Waals surface area contributed by atoms with E-state index in [1.807, 2.05) is 19.9 Å². The van der Waals surface area contributed by atoms with Gasteiger partial charge in [-0.05, 0) is 33.1 Å². The molecule has 23 heavy (non-hydrogen) atoms. The molecule has 0 unspecified atom stereocenters. The van der Waals surface area contributed by atoms with Crippen LogP contribution in [0.1, 0.15) is 46.1 Å². The van der Waals surface area contributed by atoms with Crippen LogP contribution in [-0.4, -0.2) is 33.9 Å². The zero-order valence-corrected chi connectivity index (χ0v) is 14.3. The molecule has 1 saturated heterocycles. The normalized spacial score (nSPS) is 14.8.